The number of fused-ring (bicyclic) bond motifs is 2. The molecule has 0 saturated heterocycles. The van der Waals surface area contributed by atoms with Crippen molar-refractivity contribution in [3.8, 4) is 11.5 Å². The number of aromatic nitrogens is 3. The minimum atomic E-state index is 0.399. The van der Waals surface area contributed by atoms with Crippen molar-refractivity contribution in [2.24, 2.45) is 0 Å². The molecule has 3 aromatic heterocycles. The van der Waals surface area contributed by atoms with Crippen molar-refractivity contribution >= 4 is 39.8 Å². The van der Waals surface area contributed by atoms with Gasteiger partial charge in [-0.15, -0.1) is 0 Å². The number of hydrogen-bond acceptors (Lipinski definition) is 3. The highest BCUT2D eigenvalue weighted by Crippen LogP contribution is 2.29. The van der Waals surface area contributed by atoms with Crippen LogP contribution in [-0.4, -0.2) is 14.6 Å². The third kappa shape index (κ3) is 1.77. The molecule has 0 atom stereocenters. The standard InChI is InChI=1S/C14H7Cl2N3O/c15-9-1-2-11-8(5-9)6-12(20-11)10-7-17-14-4-3-13(16)18-19(10)14/h1-7H. The molecule has 0 radical (unpaired) electrons. The van der Waals surface area contributed by atoms with E-state index in [-0.39, 0.29) is 0 Å². The predicted octanol–water partition coefficient (Wildman–Crippen LogP) is 4.45. The molecule has 4 aromatic rings. The summed E-state index contributed by atoms with van der Waals surface area (Å²) in [5, 5.41) is 6.24. The van der Waals surface area contributed by atoms with Gasteiger partial charge in [-0.1, -0.05) is 23.2 Å². The van der Waals surface area contributed by atoms with Gasteiger partial charge in [0.15, 0.2) is 11.4 Å². The molecule has 0 amide bonds. The Morgan fingerprint density at radius 2 is 1.95 bits per heavy atom. The number of hydrogen-bond donors (Lipinski definition) is 0. The maximum Gasteiger partial charge on any atom is 0.155 e. The van der Waals surface area contributed by atoms with Gasteiger partial charge in [0.2, 0.25) is 0 Å². The molecule has 0 fully saturated rings. The van der Waals surface area contributed by atoms with Crippen LogP contribution in [0.25, 0.3) is 28.1 Å². The lowest BCUT2D eigenvalue weighted by molar-refractivity contribution is 0.625. The molecule has 0 aliphatic rings. The highest BCUT2D eigenvalue weighted by Gasteiger charge is 2.12. The lowest BCUT2D eigenvalue weighted by atomic mass is 10.2. The number of halogens is 2. The number of rotatable bonds is 1. The Balaban J connectivity index is 1.98. The number of nitrogens with zero attached hydrogens (tertiary/aromatic N) is 3. The highest BCUT2D eigenvalue weighted by molar-refractivity contribution is 6.31. The molecular weight excluding hydrogens is 297 g/mol. The average molecular weight is 304 g/mol. The maximum atomic E-state index is 5.98. The molecule has 98 valence electrons. The van der Waals surface area contributed by atoms with Crippen molar-refractivity contribution in [1.82, 2.24) is 14.6 Å². The molecule has 0 unspecified atom stereocenters. The number of furan rings is 1. The predicted molar refractivity (Wildman–Crippen MR) is 78.2 cm³/mol. The zero-order valence-corrected chi connectivity index (χ0v) is 11.6. The summed E-state index contributed by atoms with van der Waals surface area (Å²) in [6, 6.07) is 10.9. The average Bonchev–Trinajstić information content (AvgIpc) is 3.00. The van der Waals surface area contributed by atoms with Crippen LogP contribution in [0, 0.1) is 0 Å². The molecule has 1 aromatic carbocycles. The minimum absolute atomic E-state index is 0.399. The van der Waals surface area contributed by atoms with Gasteiger partial charge in [0, 0.05) is 10.4 Å². The fourth-order valence-corrected chi connectivity index (χ4v) is 2.48. The molecule has 20 heavy (non-hydrogen) atoms. The van der Waals surface area contributed by atoms with Crippen molar-refractivity contribution in [2.45, 2.75) is 0 Å². The van der Waals surface area contributed by atoms with E-state index in [0.717, 1.165) is 16.7 Å². The van der Waals surface area contributed by atoms with Crippen LogP contribution in [0.1, 0.15) is 0 Å². The Hall–Kier alpha value is -2.04. The summed E-state index contributed by atoms with van der Waals surface area (Å²) in [5.41, 5.74) is 2.22. The molecule has 6 heteroatoms. The van der Waals surface area contributed by atoms with Gasteiger partial charge in [-0.05, 0) is 36.4 Å². The summed E-state index contributed by atoms with van der Waals surface area (Å²) >= 11 is 11.9. The van der Waals surface area contributed by atoms with Crippen LogP contribution in [-0.2, 0) is 0 Å². The second-order valence-electron chi connectivity index (χ2n) is 4.36. The summed E-state index contributed by atoms with van der Waals surface area (Å²) in [6.45, 7) is 0. The quantitative estimate of drug-likeness (QED) is 0.522. The first-order valence-corrected chi connectivity index (χ1v) is 6.66. The first kappa shape index (κ1) is 11.8. The van der Waals surface area contributed by atoms with Gasteiger partial charge in [0.05, 0.1) is 6.20 Å². The van der Waals surface area contributed by atoms with Crippen molar-refractivity contribution in [1.29, 1.82) is 0 Å². The Morgan fingerprint density at radius 3 is 2.85 bits per heavy atom. The molecule has 0 bridgehead atoms. The van der Waals surface area contributed by atoms with Crippen molar-refractivity contribution in [3.05, 3.63) is 52.8 Å². The largest absolute Gasteiger partial charge is 0.454 e. The van der Waals surface area contributed by atoms with Crippen LogP contribution in [0.15, 0.2) is 47.0 Å². The summed E-state index contributed by atoms with van der Waals surface area (Å²) in [6.07, 6.45) is 1.71. The molecule has 0 aliphatic heterocycles. The third-order valence-corrected chi connectivity index (χ3v) is 3.50. The molecule has 0 spiro atoms. The van der Waals surface area contributed by atoms with Gasteiger partial charge in [0.1, 0.15) is 16.4 Å². The van der Waals surface area contributed by atoms with Gasteiger partial charge in [-0.3, -0.25) is 0 Å². The number of benzene rings is 1. The van der Waals surface area contributed by atoms with Crippen molar-refractivity contribution < 1.29 is 4.42 Å². The smallest absolute Gasteiger partial charge is 0.155 e. The Bertz CT molecular complexity index is 942. The fourth-order valence-electron chi connectivity index (χ4n) is 2.16. The lowest BCUT2D eigenvalue weighted by Crippen LogP contribution is -1.93. The summed E-state index contributed by atoms with van der Waals surface area (Å²) in [7, 11) is 0. The van der Waals surface area contributed by atoms with Crippen LogP contribution in [0.2, 0.25) is 10.2 Å². The fraction of sp³-hybridized carbons (Fsp3) is 0. The van der Waals surface area contributed by atoms with Gasteiger partial charge in [-0.25, -0.2) is 9.50 Å². The summed E-state index contributed by atoms with van der Waals surface area (Å²) in [5.74, 6) is 0.671. The van der Waals surface area contributed by atoms with E-state index < -0.39 is 0 Å². The van der Waals surface area contributed by atoms with Crippen LogP contribution in [0.3, 0.4) is 0 Å². The zero-order valence-electron chi connectivity index (χ0n) is 10.0. The lowest BCUT2D eigenvalue weighted by Gasteiger charge is -1.97. The van der Waals surface area contributed by atoms with Gasteiger partial charge in [0.25, 0.3) is 0 Å². The van der Waals surface area contributed by atoms with E-state index in [9.17, 15) is 0 Å². The Labute approximate surface area is 123 Å². The maximum absolute atomic E-state index is 5.98. The van der Waals surface area contributed by atoms with Gasteiger partial charge < -0.3 is 4.42 Å². The first-order chi connectivity index (χ1) is 9.70. The summed E-state index contributed by atoms with van der Waals surface area (Å²) < 4.78 is 7.47. The van der Waals surface area contributed by atoms with E-state index >= 15 is 0 Å². The number of imidazole rings is 1. The van der Waals surface area contributed by atoms with Crippen LogP contribution < -0.4 is 0 Å². The van der Waals surface area contributed by atoms with E-state index in [1.165, 1.54) is 0 Å². The minimum Gasteiger partial charge on any atom is -0.454 e. The second-order valence-corrected chi connectivity index (χ2v) is 5.19. The van der Waals surface area contributed by atoms with Crippen molar-refractivity contribution in [3.63, 3.8) is 0 Å². The topological polar surface area (TPSA) is 43.3 Å². The van der Waals surface area contributed by atoms with Crippen LogP contribution in [0.4, 0.5) is 0 Å². The van der Waals surface area contributed by atoms with E-state index in [4.69, 9.17) is 27.6 Å². The van der Waals surface area contributed by atoms with Gasteiger partial charge in [-0.2, -0.15) is 5.10 Å². The molecule has 0 saturated carbocycles. The molecule has 3 heterocycles. The molecule has 4 rings (SSSR count). The Kier molecular flexibility index (Phi) is 2.49. The molecule has 0 N–H and O–H groups in total. The molecule has 0 aliphatic carbocycles. The van der Waals surface area contributed by atoms with Crippen LogP contribution in [0.5, 0.6) is 0 Å². The first-order valence-electron chi connectivity index (χ1n) is 5.90. The molecule has 4 nitrogen and oxygen atoms in total. The van der Waals surface area contributed by atoms with E-state index in [0.29, 0.717) is 21.6 Å². The SMILES string of the molecule is Clc1ccc2oc(-c3cnc4ccc(Cl)nn34)cc2c1. The second kappa shape index (κ2) is 4.23. The zero-order chi connectivity index (χ0) is 13.7. The normalized spacial score (nSPS) is 11.5. The van der Waals surface area contributed by atoms with Gasteiger partial charge >= 0.3 is 0 Å². The monoisotopic (exact) mass is 303 g/mol. The van der Waals surface area contributed by atoms with E-state index in [1.807, 2.05) is 18.2 Å². The third-order valence-electron chi connectivity index (χ3n) is 3.06. The molecular formula is C14H7Cl2N3O. The van der Waals surface area contributed by atoms with Crippen LogP contribution >= 0.6 is 23.2 Å². The van der Waals surface area contributed by atoms with E-state index in [1.54, 1.807) is 28.9 Å². The van der Waals surface area contributed by atoms with E-state index in [2.05, 4.69) is 10.1 Å². The summed E-state index contributed by atoms with van der Waals surface area (Å²) in [4.78, 5) is 4.28. The highest BCUT2D eigenvalue weighted by atomic mass is 35.5. The Morgan fingerprint density at radius 1 is 1.05 bits per heavy atom. The van der Waals surface area contributed by atoms with Crippen molar-refractivity contribution in [2.75, 3.05) is 0 Å².